The van der Waals surface area contributed by atoms with Crippen molar-refractivity contribution >= 4 is 34.9 Å². The molecule has 1 saturated heterocycles. The number of benzene rings is 2. The molecule has 4 rings (SSSR count). The van der Waals surface area contributed by atoms with E-state index >= 15 is 0 Å². The highest BCUT2D eigenvalue weighted by Gasteiger charge is 2.35. The second-order valence-electron chi connectivity index (χ2n) is 7.30. The third-order valence-electron chi connectivity index (χ3n) is 4.95. The molecule has 160 valence electrons. The molecule has 9 heteroatoms. The van der Waals surface area contributed by atoms with Gasteiger partial charge in [-0.3, -0.25) is 4.79 Å². The molecule has 8 nitrogen and oxygen atoms in total. The third kappa shape index (κ3) is 4.86. The van der Waals surface area contributed by atoms with Crippen molar-refractivity contribution < 1.29 is 14.1 Å². The van der Waals surface area contributed by atoms with Gasteiger partial charge in [-0.1, -0.05) is 41.9 Å². The van der Waals surface area contributed by atoms with Gasteiger partial charge in [0.25, 0.3) is 0 Å². The largest absolute Gasteiger partial charge is 0.339 e. The molecule has 0 aliphatic carbocycles. The summed E-state index contributed by atoms with van der Waals surface area (Å²) in [5, 5.41) is 10.2. The van der Waals surface area contributed by atoms with Crippen LogP contribution >= 0.6 is 11.6 Å². The number of halogens is 1. The fraction of sp³-hybridized carbons (Fsp3) is 0.273. The van der Waals surface area contributed by atoms with Crippen LogP contribution in [0.2, 0.25) is 5.02 Å². The van der Waals surface area contributed by atoms with Gasteiger partial charge in [0.2, 0.25) is 17.6 Å². The predicted octanol–water partition coefficient (Wildman–Crippen LogP) is 4.44. The van der Waals surface area contributed by atoms with Crippen LogP contribution in [0.4, 0.5) is 16.2 Å². The minimum Gasteiger partial charge on any atom is -0.339 e. The minimum atomic E-state index is -0.265. The van der Waals surface area contributed by atoms with Gasteiger partial charge in [-0.05, 0) is 36.8 Å². The molecule has 1 aromatic heterocycles. The first-order valence-corrected chi connectivity index (χ1v) is 10.5. The van der Waals surface area contributed by atoms with E-state index in [1.54, 1.807) is 35.2 Å². The summed E-state index contributed by atoms with van der Waals surface area (Å²) >= 11 is 6.06. The molecular weight excluding hydrogens is 418 g/mol. The van der Waals surface area contributed by atoms with Gasteiger partial charge < -0.3 is 20.1 Å². The van der Waals surface area contributed by atoms with Gasteiger partial charge in [-0.2, -0.15) is 4.98 Å². The Morgan fingerprint density at radius 1 is 1.26 bits per heavy atom. The van der Waals surface area contributed by atoms with Gasteiger partial charge in [0.1, 0.15) is 0 Å². The second-order valence-corrected chi connectivity index (χ2v) is 7.74. The highest BCUT2D eigenvalue weighted by Crippen LogP contribution is 2.33. The molecule has 0 radical (unpaired) electrons. The maximum atomic E-state index is 12.5. The summed E-state index contributed by atoms with van der Waals surface area (Å²) in [5.74, 6) is 0.596. The Kier molecular flexibility index (Phi) is 6.18. The van der Waals surface area contributed by atoms with Gasteiger partial charge >= 0.3 is 6.03 Å². The minimum absolute atomic E-state index is 0.0173. The molecule has 31 heavy (non-hydrogen) atoms. The van der Waals surface area contributed by atoms with Crippen molar-refractivity contribution in [1.82, 2.24) is 15.5 Å². The van der Waals surface area contributed by atoms with Crippen LogP contribution < -0.4 is 15.5 Å². The Labute approximate surface area is 184 Å². The third-order valence-corrected chi connectivity index (χ3v) is 5.19. The molecule has 3 aromatic rings. The van der Waals surface area contributed by atoms with Crippen molar-refractivity contribution in [2.24, 2.45) is 0 Å². The normalized spacial score (nSPS) is 15.9. The van der Waals surface area contributed by atoms with Gasteiger partial charge in [-0.15, -0.1) is 0 Å². The van der Waals surface area contributed by atoms with Crippen LogP contribution in [0.3, 0.4) is 0 Å². The van der Waals surface area contributed by atoms with E-state index in [0.717, 1.165) is 12.1 Å². The van der Waals surface area contributed by atoms with E-state index in [1.165, 1.54) is 0 Å². The zero-order valence-electron chi connectivity index (χ0n) is 17.0. The SMILES string of the molecule is CCCNC(=O)Nc1cccc(-c2noc([C@H]3CC(=O)N(c4cccc(Cl)c4)C3)n2)c1. The molecule has 1 atom stereocenters. The molecule has 0 bridgehead atoms. The van der Waals surface area contributed by atoms with Crippen LogP contribution in [-0.2, 0) is 4.79 Å². The number of aromatic nitrogens is 2. The Morgan fingerprint density at radius 2 is 2.10 bits per heavy atom. The lowest BCUT2D eigenvalue weighted by Crippen LogP contribution is -2.29. The zero-order valence-corrected chi connectivity index (χ0v) is 17.7. The van der Waals surface area contributed by atoms with Gasteiger partial charge in [0.15, 0.2) is 0 Å². The second kappa shape index (κ2) is 9.18. The average Bonchev–Trinajstić information content (AvgIpc) is 3.39. The smallest absolute Gasteiger partial charge is 0.319 e. The molecule has 2 aromatic carbocycles. The Balaban J connectivity index is 1.47. The number of urea groups is 1. The maximum absolute atomic E-state index is 12.5. The van der Waals surface area contributed by atoms with E-state index in [2.05, 4.69) is 20.8 Å². The number of hydrogen-bond donors (Lipinski definition) is 2. The summed E-state index contributed by atoms with van der Waals surface area (Å²) in [5.41, 5.74) is 2.08. The number of nitrogens with zero attached hydrogens (tertiary/aromatic N) is 3. The molecule has 2 heterocycles. The standard InChI is InChI=1S/C22H22ClN5O3/c1-2-9-24-22(30)25-17-7-3-5-14(10-17)20-26-21(31-27-20)15-11-19(29)28(13-15)18-8-4-6-16(23)12-18/h3-8,10,12,15H,2,9,11,13H2,1H3,(H2,24,25,30)/t15-/m0/s1. The van der Waals surface area contributed by atoms with E-state index in [4.69, 9.17) is 16.1 Å². The first-order valence-electron chi connectivity index (χ1n) is 10.1. The fourth-order valence-electron chi connectivity index (χ4n) is 3.43. The lowest BCUT2D eigenvalue weighted by molar-refractivity contribution is -0.117. The number of hydrogen-bond acceptors (Lipinski definition) is 5. The Hall–Kier alpha value is -3.39. The van der Waals surface area contributed by atoms with Gasteiger partial charge in [0, 0.05) is 41.5 Å². The summed E-state index contributed by atoms with van der Waals surface area (Å²) in [6.45, 7) is 3.03. The van der Waals surface area contributed by atoms with E-state index in [-0.39, 0.29) is 24.3 Å². The fourth-order valence-corrected chi connectivity index (χ4v) is 3.62. The highest BCUT2D eigenvalue weighted by molar-refractivity contribution is 6.30. The van der Waals surface area contributed by atoms with Crippen molar-refractivity contribution in [3.8, 4) is 11.4 Å². The van der Waals surface area contributed by atoms with Crippen LogP contribution in [0, 0.1) is 0 Å². The van der Waals surface area contributed by atoms with Crippen LogP contribution in [0.1, 0.15) is 31.6 Å². The first kappa shape index (κ1) is 20.9. The molecule has 1 fully saturated rings. The monoisotopic (exact) mass is 439 g/mol. The van der Waals surface area contributed by atoms with Gasteiger partial charge in [0.05, 0.1) is 5.92 Å². The topological polar surface area (TPSA) is 100 Å². The van der Waals surface area contributed by atoms with Crippen LogP contribution in [-0.4, -0.2) is 35.2 Å². The molecule has 0 unspecified atom stereocenters. The maximum Gasteiger partial charge on any atom is 0.319 e. The number of nitrogens with one attached hydrogen (secondary N) is 2. The summed E-state index contributed by atoms with van der Waals surface area (Å²) in [4.78, 5) is 30.6. The average molecular weight is 440 g/mol. The van der Waals surface area contributed by atoms with Crippen molar-refractivity contribution in [3.05, 3.63) is 59.4 Å². The summed E-state index contributed by atoms with van der Waals surface area (Å²) in [7, 11) is 0. The lowest BCUT2D eigenvalue weighted by atomic mass is 10.1. The molecular formula is C22H22ClN5O3. The van der Waals surface area contributed by atoms with E-state index in [1.807, 2.05) is 25.1 Å². The molecule has 0 spiro atoms. The highest BCUT2D eigenvalue weighted by atomic mass is 35.5. The number of anilines is 2. The first-order chi connectivity index (χ1) is 15.0. The van der Waals surface area contributed by atoms with E-state index in [9.17, 15) is 9.59 Å². The number of rotatable bonds is 6. The summed E-state index contributed by atoms with van der Waals surface area (Å²) in [6, 6.07) is 14.1. The number of amides is 3. The lowest BCUT2D eigenvalue weighted by Gasteiger charge is -2.16. The van der Waals surface area contributed by atoms with Crippen LogP contribution in [0.5, 0.6) is 0 Å². The van der Waals surface area contributed by atoms with E-state index < -0.39 is 0 Å². The molecule has 3 amide bonds. The molecule has 1 aliphatic heterocycles. The van der Waals surface area contributed by atoms with Crippen molar-refractivity contribution in [3.63, 3.8) is 0 Å². The van der Waals surface area contributed by atoms with E-state index in [0.29, 0.717) is 41.1 Å². The Morgan fingerprint density at radius 3 is 2.90 bits per heavy atom. The Bertz CT molecular complexity index is 1100. The van der Waals surface area contributed by atoms with Gasteiger partial charge in [-0.25, -0.2) is 4.79 Å². The van der Waals surface area contributed by atoms with Crippen LogP contribution in [0.15, 0.2) is 53.1 Å². The number of carbonyl (C=O) groups is 2. The summed E-state index contributed by atoms with van der Waals surface area (Å²) < 4.78 is 5.47. The summed E-state index contributed by atoms with van der Waals surface area (Å²) in [6.07, 6.45) is 1.14. The van der Waals surface area contributed by atoms with Crippen molar-refractivity contribution in [2.75, 3.05) is 23.3 Å². The zero-order chi connectivity index (χ0) is 21.8. The molecule has 2 N–H and O–H groups in total. The quantitative estimate of drug-likeness (QED) is 0.591. The number of carbonyl (C=O) groups excluding carboxylic acids is 2. The van der Waals surface area contributed by atoms with Crippen molar-refractivity contribution in [1.29, 1.82) is 0 Å². The molecule has 0 saturated carbocycles. The predicted molar refractivity (Wildman–Crippen MR) is 118 cm³/mol. The van der Waals surface area contributed by atoms with Crippen LogP contribution in [0.25, 0.3) is 11.4 Å². The molecule has 1 aliphatic rings. The van der Waals surface area contributed by atoms with Crippen molar-refractivity contribution in [2.45, 2.75) is 25.7 Å².